The largest absolute Gasteiger partial charge is 0.451 e. The van der Waals surface area contributed by atoms with Gasteiger partial charge in [-0.05, 0) is 19.1 Å². The van der Waals surface area contributed by atoms with Crippen molar-refractivity contribution in [3.05, 3.63) is 47.2 Å². The molecular formula is C14H11N3O3S. The summed E-state index contributed by atoms with van der Waals surface area (Å²) in [7, 11) is 0. The lowest BCUT2D eigenvalue weighted by Gasteiger charge is -1.97. The molecule has 2 N–H and O–H groups in total. The van der Waals surface area contributed by atoms with E-state index < -0.39 is 0 Å². The zero-order chi connectivity index (χ0) is 14.8. The highest BCUT2D eigenvalue weighted by Gasteiger charge is 2.14. The molecule has 21 heavy (non-hydrogen) atoms. The summed E-state index contributed by atoms with van der Waals surface area (Å²) in [5.74, 6) is -0.147. The van der Waals surface area contributed by atoms with Crippen molar-refractivity contribution in [2.24, 2.45) is 5.16 Å². The molecular weight excluding hydrogens is 290 g/mol. The zero-order valence-corrected chi connectivity index (χ0v) is 11.8. The van der Waals surface area contributed by atoms with Gasteiger partial charge in [-0.25, -0.2) is 4.98 Å². The van der Waals surface area contributed by atoms with Gasteiger partial charge in [-0.2, -0.15) is 0 Å². The number of rotatable bonds is 3. The summed E-state index contributed by atoms with van der Waals surface area (Å²) in [4.78, 5) is 16.3. The summed E-state index contributed by atoms with van der Waals surface area (Å²) in [6.45, 7) is 1.62. The minimum atomic E-state index is -0.370. The van der Waals surface area contributed by atoms with E-state index in [-0.39, 0.29) is 11.7 Å². The zero-order valence-electron chi connectivity index (χ0n) is 11.0. The molecule has 1 amide bonds. The lowest BCUT2D eigenvalue weighted by Crippen LogP contribution is -2.10. The van der Waals surface area contributed by atoms with Crippen LogP contribution in [0.4, 0.5) is 5.13 Å². The van der Waals surface area contributed by atoms with Gasteiger partial charge in [0.2, 0.25) is 0 Å². The number of aromatic nitrogens is 1. The highest BCUT2D eigenvalue weighted by atomic mass is 32.1. The fraction of sp³-hybridized carbons (Fsp3) is 0.0714. The quantitative estimate of drug-likeness (QED) is 0.441. The first-order valence-electron chi connectivity index (χ1n) is 6.12. The van der Waals surface area contributed by atoms with Crippen molar-refractivity contribution >= 4 is 39.1 Å². The van der Waals surface area contributed by atoms with Crippen LogP contribution in [0.1, 0.15) is 23.2 Å². The van der Waals surface area contributed by atoms with Gasteiger partial charge in [0.25, 0.3) is 5.91 Å². The van der Waals surface area contributed by atoms with Gasteiger partial charge in [-0.1, -0.05) is 23.4 Å². The number of anilines is 1. The number of nitrogens with one attached hydrogen (secondary N) is 1. The monoisotopic (exact) mass is 301 g/mol. The Balaban J connectivity index is 1.81. The normalized spacial score (nSPS) is 11.8. The molecule has 0 aliphatic rings. The van der Waals surface area contributed by atoms with Gasteiger partial charge in [0.05, 0.1) is 0 Å². The Hall–Kier alpha value is -2.67. The van der Waals surface area contributed by atoms with E-state index in [4.69, 9.17) is 9.62 Å². The van der Waals surface area contributed by atoms with Gasteiger partial charge in [0.1, 0.15) is 17.0 Å². The molecule has 2 aromatic heterocycles. The number of fused-ring (bicyclic) bond motifs is 1. The molecule has 0 bridgehead atoms. The lowest BCUT2D eigenvalue weighted by molar-refractivity contribution is 0.0998. The number of oxime groups is 1. The minimum absolute atomic E-state index is 0.223. The molecule has 0 atom stereocenters. The summed E-state index contributed by atoms with van der Waals surface area (Å²) in [6, 6.07) is 9.08. The maximum Gasteiger partial charge on any atom is 0.293 e. The number of thiazole rings is 1. The Bertz CT molecular complexity index is 802. The van der Waals surface area contributed by atoms with E-state index in [9.17, 15) is 4.79 Å². The summed E-state index contributed by atoms with van der Waals surface area (Å²) < 4.78 is 5.48. The third kappa shape index (κ3) is 2.63. The van der Waals surface area contributed by atoms with Crippen LogP contribution in [0.3, 0.4) is 0 Å². The molecule has 3 rings (SSSR count). The van der Waals surface area contributed by atoms with Crippen LogP contribution in [0, 0.1) is 0 Å². The van der Waals surface area contributed by atoms with E-state index in [1.807, 2.05) is 18.2 Å². The van der Waals surface area contributed by atoms with Crippen molar-refractivity contribution in [1.82, 2.24) is 4.98 Å². The average Bonchev–Trinajstić information content (AvgIpc) is 3.12. The molecule has 0 saturated heterocycles. The van der Waals surface area contributed by atoms with Crippen LogP contribution in [-0.4, -0.2) is 21.8 Å². The van der Waals surface area contributed by atoms with Crippen molar-refractivity contribution in [2.75, 3.05) is 5.32 Å². The molecule has 2 heterocycles. The molecule has 6 nitrogen and oxygen atoms in total. The summed E-state index contributed by atoms with van der Waals surface area (Å²) >= 11 is 1.25. The first kappa shape index (κ1) is 13.3. The maximum absolute atomic E-state index is 12.1. The third-order valence-electron chi connectivity index (χ3n) is 2.89. The highest BCUT2D eigenvalue weighted by Crippen LogP contribution is 2.21. The van der Waals surface area contributed by atoms with E-state index in [1.165, 1.54) is 11.3 Å². The second-order valence-electron chi connectivity index (χ2n) is 4.33. The number of furan rings is 1. The van der Waals surface area contributed by atoms with E-state index in [2.05, 4.69) is 15.5 Å². The topological polar surface area (TPSA) is 87.7 Å². The van der Waals surface area contributed by atoms with Crippen LogP contribution in [0.5, 0.6) is 0 Å². The van der Waals surface area contributed by atoms with E-state index in [0.29, 0.717) is 22.1 Å². The van der Waals surface area contributed by atoms with E-state index in [0.717, 1.165) is 5.39 Å². The molecule has 0 aliphatic carbocycles. The van der Waals surface area contributed by atoms with Crippen LogP contribution in [0.15, 0.2) is 45.3 Å². The Labute approximate surface area is 123 Å². The first-order valence-corrected chi connectivity index (χ1v) is 7.00. The maximum atomic E-state index is 12.1. The number of carbonyl (C=O) groups excluding carboxylic acids is 1. The first-order chi connectivity index (χ1) is 10.2. The predicted octanol–water partition coefficient (Wildman–Crippen LogP) is 3.34. The molecule has 0 spiro atoms. The fourth-order valence-electron chi connectivity index (χ4n) is 1.80. The number of benzene rings is 1. The minimum Gasteiger partial charge on any atom is -0.451 e. The fourth-order valence-corrected chi connectivity index (χ4v) is 2.55. The Kier molecular flexibility index (Phi) is 3.41. The van der Waals surface area contributed by atoms with Crippen molar-refractivity contribution in [3.8, 4) is 0 Å². The number of hydrogen-bond donors (Lipinski definition) is 2. The molecule has 0 radical (unpaired) electrons. The third-order valence-corrected chi connectivity index (χ3v) is 3.65. The molecule has 1 aromatic carbocycles. The lowest BCUT2D eigenvalue weighted by atomic mass is 10.2. The van der Waals surface area contributed by atoms with Crippen molar-refractivity contribution in [3.63, 3.8) is 0 Å². The van der Waals surface area contributed by atoms with Crippen molar-refractivity contribution < 1.29 is 14.4 Å². The number of amides is 1. The summed E-state index contributed by atoms with van der Waals surface area (Å²) in [6.07, 6.45) is 0. The molecule has 0 fully saturated rings. The van der Waals surface area contributed by atoms with Crippen LogP contribution in [0.25, 0.3) is 11.0 Å². The number of nitrogens with zero attached hydrogens (tertiary/aromatic N) is 2. The van der Waals surface area contributed by atoms with Crippen molar-refractivity contribution in [2.45, 2.75) is 6.92 Å². The Morgan fingerprint density at radius 2 is 2.24 bits per heavy atom. The Morgan fingerprint density at radius 3 is 3.00 bits per heavy atom. The van der Waals surface area contributed by atoms with Crippen LogP contribution in [0.2, 0.25) is 0 Å². The number of para-hydroxylation sites is 1. The predicted molar refractivity (Wildman–Crippen MR) is 80.3 cm³/mol. The smallest absolute Gasteiger partial charge is 0.293 e. The van der Waals surface area contributed by atoms with Crippen LogP contribution in [-0.2, 0) is 0 Å². The van der Waals surface area contributed by atoms with Gasteiger partial charge in [0.15, 0.2) is 10.9 Å². The van der Waals surface area contributed by atoms with Gasteiger partial charge in [-0.15, -0.1) is 11.3 Å². The SMILES string of the molecule is CC(=NO)c1csc(NC(=O)c2cc3ccccc3o2)n1. The molecule has 0 aliphatic heterocycles. The van der Waals surface area contributed by atoms with Gasteiger partial charge >= 0.3 is 0 Å². The van der Waals surface area contributed by atoms with Crippen LogP contribution < -0.4 is 5.32 Å². The molecule has 7 heteroatoms. The second kappa shape index (κ2) is 5.37. The van der Waals surface area contributed by atoms with E-state index >= 15 is 0 Å². The van der Waals surface area contributed by atoms with Gasteiger partial charge < -0.3 is 9.62 Å². The summed E-state index contributed by atoms with van der Waals surface area (Å²) in [5, 5.41) is 17.4. The van der Waals surface area contributed by atoms with Gasteiger partial charge in [0, 0.05) is 10.8 Å². The molecule has 0 unspecified atom stereocenters. The highest BCUT2D eigenvalue weighted by molar-refractivity contribution is 7.14. The Morgan fingerprint density at radius 1 is 1.43 bits per heavy atom. The standard InChI is InChI=1S/C14H11N3O3S/c1-8(17-19)10-7-21-14(15-10)16-13(18)12-6-9-4-2-3-5-11(9)20-12/h2-7,19H,1H3,(H,15,16,18). The molecule has 3 aromatic rings. The average molecular weight is 301 g/mol. The van der Waals surface area contributed by atoms with E-state index in [1.54, 1.807) is 24.4 Å². The van der Waals surface area contributed by atoms with Crippen molar-refractivity contribution in [1.29, 1.82) is 0 Å². The molecule has 0 saturated carbocycles. The number of carbonyl (C=O) groups is 1. The van der Waals surface area contributed by atoms with Crippen LogP contribution >= 0.6 is 11.3 Å². The second-order valence-corrected chi connectivity index (χ2v) is 5.18. The number of hydrogen-bond acceptors (Lipinski definition) is 6. The summed E-state index contributed by atoms with van der Waals surface area (Å²) in [5.41, 5.74) is 1.56. The van der Waals surface area contributed by atoms with Gasteiger partial charge in [-0.3, -0.25) is 10.1 Å². The molecule has 106 valence electrons.